The first-order valence-corrected chi connectivity index (χ1v) is 11.3. The molecule has 1 saturated carbocycles. The van der Waals surface area contributed by atoms with Gasteiger partial charge in [-0.3, -0.25) is 4.79 Å². The van der Waals surface area contributed by atoms with Crippen LogP contribution in [0.25, 0.3) is 0 Å². The lowest BCUT2D eigenvalue weighted by molar-refractivity contribution is -0.122. The van der Waals surface area contributed by atoms with Crippen LogP contribution in [0.2, 0.25) is 0 Å². The molecular weight excluding hydrogens is 352 g/mol. The van der Waals surface area contributed by atoms with Crippen molar-refractivity contribution in [1.82, 2.24) is 10.2 Å². The summed E-state index contributed by atoms with van der Waals surface area (Å²) < 4.78 is 28.4. The number of rotatable bonds is 8. The Morgan fingerprint density at radius 3 is 2.38 bits per heavy atom. The highest BCUT2D eigenvalue weighted by atomic mass is 32.2. The average Bonchev–Trinajstić information content (AvgIpc) is 3.44. The number of sulfone groups is 1. The van der Waals surface area contributed by atoms with E-state index in [9.17, 15) is 13.2 Å². The Hall–Kier alpha value is -1.60. The van der Waals surface area contributed by atoms with E-state index in [1.165, 1.54) is 31.2 Å². The Labute approximate surface area is 155 Å². The lowest BCUT2D eigenvalue weighted by Crippen LogP contribution is -2.45. The van der Waals surface area contributed by atoms with Gasteiger partial charge in [-0.2, -0.15) is 0 Å². The van der Waals surface area contributed by atoms with Gasteiger partial charge in [0.15, 0.2) is 9.84 Å². The highest BCUT2D eigenvalue weighted by molar-refractivity contribution is 7.90. The molecule has 0 unspecified atom stereocenters. The Kier molecular flexibility index (Phi) is 6.19. The molecule has 0 aromatic heterocycles. The molecule has 144 valence electrons. The molecule has 2 aliphatic rings. The van der Waals surface area contributed by atoms with Crippen molar-refractivity contribution in [2.75, 3.05) is 26.0 Å². The van der Waals surface area contributed by atoms with Crippen molar-refractivity contribution >= 4 is 15.7 Å². The van der Waals surface area contributed by atoms with Gasteiger partial charge >= 0.3 is 0 Å². The number of hydrogen-bond acceptors (Lipinski definition) is 5. The lowest BCUT2D eigenvalue weighted by Gasteiger charge is -2.32. The second kappa shape index (κ2) is 8.39. The molecule has 1 saturated heterocycles. The fourth-order valence-corrected chi connectivity index (χ4v) is 3.98. The van der Waals surface area contributed by atoms with Crippen molar-refractivity contribution in [3.8, 4) is 5.75 Å². The van der Waals surface area contributed by atoms with Crippen LogP contribution in [0.4, 0.5) is 0 Å². The summed E-state index contributed by atoms with van der Waals surface area (Å²) in [5, 5.41) is 3.13. The molecular formula is C19H28N2O4S. The molecule has 1 aliphatic heterocycles. The number of amides is 1. The molecule has 1 aromatic rings. The minimum absolute atomic E-state index is 0.0888. The van der Waals surface area contributed by atoms with Gasteiger partial charge in [0.05, 0.1) is 11.5 Å². The molecule has 26 heavy (non-hydrogen) atoms. The number of ether oxygens (including phenoxy) is 1. The van der Waals surface area contributed by atoms with Gasteiger partial charge in [0.25, 0.3) is 0 Å². The first-order chi connectivity index (χ1) is 12.4. The van der Waals surface area contributed by atoms with Gasteiger partial charge in [-0.15, -0.1) is 0 Å². The number of piperidine rings is 1. The van der Waals surface area contributed by atoms with E-state index < -0.39 is 9.84 Å². The Bertz CT molecular complexity index is 706. The minimum atomic E-state index is -3.19. The van der Waals surface area contributed by atoms with E-state index in [-0.39, 0.29) is 10.8 Å². The monoisotopic (exact) mass is 380 g/mol. The van der Waals surface area contributed by atoms with Crippen LogP contribution in [0, 0.1) is 0 Å². The van der Waals surface area contributed by atoms with Crippen molar-refractivity contribution in [3.05, 3.63) is 24.3 Å². The van der Waals surface area contributed by atoms with Gasteiger partial charge in [0, 0.05) is 37.8 Å². The zero-order valence-electron chi connectivity index (χ0n) is 15.3. The van der Waals surface area contributed by atoms with Crippen LogP contribution in [0.1, 0.15) is 38.5 Å². The molecule has 3 rings (SSSR count). The summed E-state index contributed by atoms with van der Waals surface area (Å²) in [5.74, 6) is 0.705. The normalized spacial score (nSPS) is 19.3. The second-order valence-electron chi connectivity index (χ2n) is 7.30. The zero-order chi connectivity index (χ0) is 18.6. The SMILES string of the molecule is CS(=O)(=O)c1ccc(OCCCC(=O)NC2CCN(C3CC3)CC2)cc1. The summed E-state index contributed by atoms with van der Waals surface area (Å²) in [6.07, 6.45) is 7.04. The molecule has 0 spiro atoms. The molecule has 1 N–H and O–H groups in total. The third kappa shape index (κ3) is 5.71. The van der Waals surface area contributed by atoms with Gasteiger partial charge in [-0.05, 0) is 56.4 Å². The van der Waals surface area contributed by atoms with E-state index in [0.717, 1.165) is 32.0 Å². The van der Waals surface area contributed by atoms with Crippen molar-refractivity contribution in [2.45, 2.75) is 55.5 Å². The van der Waals surface area contributed by atoms with Crippen LogP contribution in [0.5, 0.6) is 5.75 Å². The molecule has 6 nitrogen and oxygen atoms in total. The number of carbonyl (C=O) groups excluding carboxylic acids is 1. The second-order valence-corrected chi connectivity index (χ2v) is 9.32. The third-order valence-corrected chi connectivity index (χ3v) is 6.16. The quantitative estimate of drug-likeness (QED) is 0.698. The molecule has 0 atom stereocenters. The predicted octanol–water partition coefficient (Wildman–Crippen LogP) is 1.99. The molecule has 1 heterocycles. The topological polar surface area (TPSA) is 75.7 Å². The van der Waals surface area contributed by atoms with E-state index >= 15 is 0 Å². The van der Waals surface area contributed by atoms with Crippen molar-refractivity contribution in [3.63, 3.8) is 0 Å². The first kappa shape index (κ1) is 19.2. The molecule has 1 aliphatic carbocycles. The summed E-state index contributed by atoms with van der Waals surface area (Å²) in [7, 11) is -3.19. The molecule has 0 radical (unpaired) electrons. The summed E-state index contributed by atoms with van der Waals surface area (Å²) in [6.45, 7) is 2.64. The van der Waals surface area contributed by atoms with Crippen LogP contribution in [-0.4, -0.2) is 57.3 Å². The number of nitrogens with one attached hydrogen (secondary N) is 1. The molecule has 7 heteroatoms. The average molecular weight is 381 g/mol. The van der Waals surface area contributed by atoms with Crippen molar-refractivity contribution in [2.24, 2.45) is 0 Å². The number of hydrogen-bond donors (Lipinski definition) is 1. The maximum atomic E-state index is 12.1. The Morgan fingerprint density at radius 2 is 1.81 bits per heavy atom. The first-order valence-electron chi connectivity index (χ1n) is 9.38. The maximum absolute atomic E-state index is 12.1. The number of likely N-dealkylation sites (tertiary alicyclic amines) is 1. The fraction of sp³-hybridized carbons (Fsp3) is 0.632. The van der Waals surface area contributed by atoms with E-state index in [0.29, 0.717) is 31.2 Å². The van der Waals surface area contributed by atoms with Crippen molar-refractivity contribution in [1.29, 1.82) is 0 Å². The Balaban J connectivity index is 1.30. The summed E-state index contributed by atoms with van der Waals surface area (Å²) in [6, 6.07) is 7.47. The number of nitrogens with zero attached hydrogens (tertiary/aromatic N) is 1. The standard InChI is InChI=1S/C19H28N2O4S/c1-26(23,24)18-8-6-17(7-9-18)25-14-2-3-19(22)20-15-10-12-21(13-11-15)16-4-5-16/h6-9,15-16H,2-5,10-14H2,1H3,(H,20,22). The van der Waals surface area contributed by atoms with E-state index in [1.54, 1.807) is 12.1 Å². The van der Waals surface area contributed by atoms with Crippen LogP contribution in [0.15, 0.2) is 29.2 Å². The minimum Gasteiger partial charge on any atom is -0.494 e. The highest BCUT2D eigenvalue weighted by Gasteiger charge is 2.31. The van der Waals surface area contributed by atoms with E-state index in [1.807, 2.05) is 0 Å². The molecule has 2 fully saturated rings. The van der Waals surface area contributed by atoms with Gasteiger partial charge in [-0.1, -0.05) is 0 Å². The predicted molar refractivity (Wildman–Crippen MR) is 100 cm³/mol. The molecule has 0 bridgehead atoms. The van der Waals surface area contributed by atoms with Gasteiger partial charge in [0.1, 0.15) is 5.75 Å². The third-order valence-electron chi connectivity index (χ3n) is 5.03. The Morgan fingerprint density at radius 1 is 1.15 bits per heavy atom. The number of benzene rings is 1. The van der Waals surface area contributed by atoms with Gasteiger partial charge in [0.2, 0.25) is 5.91 Å². The van der Waals surface area contributed by atoms with Crippen molar-refractivity contribution < 1.29 is 17.9 Å². The smallest absolute Gasteiger partial charge is 0.220 e. The van der Waals surface area contributed by atoms with E-state index in [4.69, 9.17) is 4.74 Å². The molecule has 1 amide bonds. The van der Waals surface area contributed by atoms with Crippen LogP contribution in [0.3, 0.4) is 0 Å². The van der Waals surface area contributed by atoms with Crippen LogP contribution < -0.4 is 10.1 Å². The number of carbonyl (C=O) groups is 1. The largest absolute Gasteiger partial charge is 0.494 e. The van der Waals surface area contributed by atoms with Crippen LogP contribution >= 0.6 is 0 Å². The lowest BCUT2D eigenvalue weighted by atomic mass is 10.0. The van der Waals surface area contributed by atoms with Gasteiger partial charge < -0.3 is 15.0 Å². The van der Waals surface area contributed by atoms with E-state index in [2.05, 4.69) is 10.2 Å². The van der Waals surface area contributed by atoms with Crippen LogP contribution in [-0.2, 0) is 14.6 Å². The maximum Gasteiger partial charge on any atom is 0.220 e. The zero-order valence-corrected chi connectivity index (χ0v) is 16.1. The summed E-state index contributed by atoms with van der Waals surface area (Å²) in [4.78, 5) is 14.9. The fourth-order valence-electron chi connectivity index (χ4n) is 3.35. The van der Waals surface area contributed by atoms with Gasteiger partial charge in [-0.25, -0.2) is 8.42 Å². The summed E-state index contributed by atoms with van der Waals surface area (Å²) >= 11 is 0. The highest BCUT2D eigenvalue weighted by Crippen LogP contribution is 2.29. The summed E-state index contributed by atoms with van der Waals surface area (Å²) in [5.41, 5.74) is 0. The molecule has 1 aromatic carbocycles.